The molecular weight excluding hydrogens is 474 g/mol. The van der Waals surface area contributed by atoms with Gasteiger partial charge in [-0.1, -0.05) is 0 Å². The Kier molecular flexibility index (Phi) is 6.06. The molecule has 2 aliphatic rings. The van der Waals surface area contributed by atoms with Gasteiger partial charge in [0.2, 0.25) is 5.95 Å². The zero-order valence-corrected chi connectivity index (χ0v) is 20.0. The van der Waals surface area contributed by atoms with Crippen LogP contribution in [0.15, 0.2) is 58.4 Å². The van der Waals surface area contributed by atoms with Crippen LogP contribution in [0.25, 0.3) is 11.4 Å². The van der Waals surface area contributed by atoms with Gasteiger partial charge in [-0.3, -0.25) is 14.8 Å². The van der Waals surface area contributed by atoms with Gasteiger partial charge in [-0.2, -0.15) is 0 Å². The first kappa shape index (κ1) is 22.9. The summed E-state index contributed by atoms with van der Waals surface area (Å²) in [6.45, 7) is 4.30. The summed E-state index contributed by atoms with van der Waals surface area (Å²) in [5.74, 6) is 2.59. The van der Waals surface area contributed by atoms with Crippen LogP contribution in [0.5, 0.6) is 0 Å². The van der Waals surface area contributed by atoms with E-state index in [4.69, 9.17) is 14.7 Å². The predicted octanol–water partition coefficient (Wildman–Crippen LogP) is 1.45. The summed E-state index contributed by atoms with van der Waals surface area (Å²) in [5.41, 5.74) is 2.65. The summed E-state index contributed by atoms with van der Waals surface area (Å²) < 4.78 is 5.57. The molecule has 12 heteroatoms. The fraction of sp³-hybridized carbons (Fsp3) is 0.280. The van der Waals surface area contributed by atoms with Gasteiger partial charge in [0.15, 0.2) is 5.82 Å². The van der Waals surface area contributed by atoms with Crippen LogP contribution in [-0.4, -0.2) is 62.8 Å². The zero-order valence-electron chi connectivity index (χ0n) is 20.0. The molecule has 37 heavy (non-hydrogen) atoms. The largest absolute Gasteiger partial charge is 0.378 e. The Labute approximate surface area is 211 Å². The van der Waals surface area contributed by atoms with Gasteiger partial charge >= 0.3 is 5.69 Å². The van der Waals surface area contributed by atoms with Crippen molar-refractivity contribution in [1.82, 2.24) is 29.9 Å². The molecule has 0 spiro atoms. The van der Waals surface area contributed by atoms with Crippen LogP contribution in [0.1, 0.15) is 11.3 Å². The molecule has 4 aromatic rings. The average Bonchev–Trinajstić information content (AvgIpc) is 2.93. The molecule has 0 bridgehead atoms. The molecule has 3 aromatic heterocycles. The van der Waals surface area contributed by atoms with E-state index in [1.54, 1.807) is 12.4 Å². The summed E-state index contributed by atoms with van der Waals surface area (Å²) in [4.78, 5) is 51.1. The Morgan fingerprint density at radius 1 is 0.919 bits per heavy atom. The Balaban J connectivity index is 1.33. The third-order valence-electron chi connectivity index (χ3n) is 6.37. The molecule has 0 saturated carbocycles. The highest BCUT2D eigenvalue weighted by Crippen LogP contribution is 2.31. The van der Waals surface area contributed by atoms with E-state index in [-0.39, 0.29) is 0 Å². The number of hydrogen-bond donors (Lipinski definition) is 3. The highest BCUT2D eigenvalue weighted by atomic mass is 16.5. The topological polar surface area (TPSA) is 145 Å². The van der Waals surface area contributed by atoms with Crippen LogP contribution < -0.4 is 26.4 Å². The minimum Gasteiger partial charge on any atom is -0.378 e. The van der Waals surface area contributed by atoms with Crippen molar-refractivity contribution < 1.29 is 4.74 Å². The molecule has 5 heterocycles. The Hall–Kier alpha value is -4.58. The van der Waals surface area contributed by atoms with Crippen LogP contribution >= 0.6 is 0 Å². The number of nitrogens with one attached hydrogen (secondary N) is 3. The molecule has 1 aromatic carbocycles. The van der Waals surface area contributed by atoms with Gasteiger partial charge in [-0.05, 0) is 36.8 Å². The number of H-pyrrole nitrogens is 2. The van der Waals surface area contributed by atoms with Crippen LogP contribution in [0.4, 0.5) is 23.3 Å². The van der Waals surface area contributed by atoms with Gasteiger partial charge in [0.05, 0.1) is 25.5 Å². The van der Waals surface area contributed by atoms with Crippen molar-refractivity contribution in [1.29, 1.82) is 0 Å². The zero-order chi connectivity index (χ0) is 25.2. The molecule has 0 atom stereocenters. The highest BCUT2D eigenvalue weighted by Gasteiger charge is 2.27. The molecule has 0 unspecified atom stereocenters. The van der Waals surface area contributed by atoms with E-state index in [0.717, 1.165) is 48.7 Å². The van der Waals surface area contributed by atoms with Crippen molar-refractivity contribution in [3.63, 3.8) is 0 Å². The number of rotatable bonds is 5. The summed E-state index contributed by atoms with van der Waals surface area (Å²) in [5, 5.41) is 3.04. The van der Waals surface area contributed by atoms with Gasteiger partial charge in [-0.25, -0.2) is 24.7 Å². The summed E-state index contributed by atoms with van der Waals surface area (Å²) in [6.07, 6.45) is 4.30. The normalized spacial score (nSPS) is 15.4. The van der Waals surface area contributed by atoms with E-state index in [1.165, 1.54) is 6.07 Å². The molecule has 6 rings (SSSR count). The van der Waals surface area contributed by atoms with Crippen molar-refractivity contribution in [3.05, 3.63) is 80.9 Å². The second-order valence-corrected chi connectivity index (χ2v) is 8.82. The van der Waals surface area contributed by atoms with Crippen LogP contribution in [0, 0.1) is 0 Å². The molecule has 2 aliphatic heterocycles. The van der Waals surface area contributed by atoms with Crippen molar-refractivity contribution in [2.45, 2.75) is 13.0 Å². The minimum absolute atomic E-state index is 0.310. The summed E-state index contributed by atoms with van der Waals surface area (Å²) >= 11 is 0. The SMILES string of the molecule is O=c1cc(Nc2ccc(-c3nc4c(c(N5CCOCC5)n3)CCN(c3ncccn3)C4)cc2)[nH]c(=O)[nH]1. The number of aromatic amines is 2. The number of anilines is 4. The molecule has 0 amide bonds. The number of ether oxygens (including phenoxy) is 1. The predicted molar refractivity (Wildman–Crippen MR) is 138 cm³/mol. The van der Waals surface area contributed by atoms with E-state index in [2.05, 4.69) is 35.1 Å². The lowest BCUT2D eigenvalue weighted by atomic mass is 10.0. The van der Waals surface area contributed by atoms with Crippen molar-refractivity contribution in [3.8, 4) is 11.4 Å². The first-order valence-corrected chi connectivity index (χ1v) is 12.1. The number of aromatic nitrogens is 6. The van der Waals surface area contributed by atoms with Gasteiger partial charge in [0, 0.05) is 54.9 Å². The van der Waals surface area contributed by atoms with Crippen LogP contribution in [0.2, 0.25) is 0 Å². The summed E-state index contributed by atoms with van der Waals surface area (Å²) in [6, 6.07) is 10.6. The Bertz CT molecular complexity index is 1490. The maximum absolute atomic E-state index is 11.6. The van der Waals surface area contributed by atoms with Crippen molar-refractivity contribution in [2.24, 2.45) is 0 Å². The number of morpholine rings is 1. The van der Waals surface area contributed by atoms with Gasteiger partial charge in [0.25, 0.3) is 5.56 Å². The average molecular weight is 500 g/mol. The van der Waals surface area contributed by atoms with Gasteiger partial charge in [0.1, 0.15) is 11.6 Å². The molecule has 1 saturated heterocycles. The molecule has 0 radical (unpaired) electrons. The maximum atomic E-state index is 11.6. The highest BCUT2D eigenvalue weighted by molar-refractivity contribution is 5.66. The number of benzene rings is 1. The van der Waals surface area contributed by atoms with Crippen LogP contribution in [0.3, 0.4) is 0 Å². The fourth-order valence-corrected chi connectivity index (χ4v) is 4.60. The first-order valence-electron chi connectivity index (χ1n) is 12.1. The molecule has 1 fully saturated rings. The minimum atomic E-state index is -0.570. The summed E-state index contributed by atoms with van der Waals surface area (Å²) in [7, 11) is 0. The van der Waals surface area contributed by atoms with E-state index in [0.29, 0.717) is 43.0 Å². The maximum Gasteiger partial charge on any atom is 0.327 e. The lowest BCUT2D eigenvalue weighted by Gasteiger charge is -2.34. The van der Waals surface area contributed by atoms with Crippen LogP contribution in [-0.2, 0) is 17.7 Å². The van der Waals surface area contributed by atoms with E-state index >= 15 is 0 Å². The molecule has 188 valence electrons. The second-order valence-electron chi connectivity index (χ2n) is 8.82. The third kappa shape index (κ3) is 4.91. The first-order chi connectivity index (χ1) is 18.1. The molecule has 12 nitrogen and oxygen atoms in total. The second kappa shape index (κ2) is 9.82. The lowest BCUT2D eigenvalue weighted by Crippen LogP contribution is -2.39. The van der Waals surface area contributed by atoms with Gasteiger partial charge < -0.3 is 19.9 Å². The molecular formula is C25H25N9O3. The number of fused-ring (bicyclic) bond motifs is 1. The lowest BCUT2D eigenvalue weighted by molar-refractivity contribution is 0.122. The van der Waals surface area contributed by atoms with E-state index < -0.39 is 11.2 Å². The Morgan fingerprint density at radius 2 is 1.70 bits per heavy atom. The van der Waals surface area contributed by atoms with Crippen molar-refractivity contribution >= 4 is 23.3 Å². The number of hydrogen-bond acceptors (Lipinski definition) is 10. The monoisotopic (exact) mass is 499 g/mol. The standard InChI is InChI=1S/C25H25N9O3/c35-21-14-20(30-25(36)31-21)28-17-4-2-16(3-5-17)22-29-19-15-34(24-26-7-1-8-27-24)9-6-18(19)23(32-22)33-10-12-37-13-11-33/h1-5,7-8,14H,6,9-13,15H2,(H3,28,30,31,35,36). The smallest absolute Gasteiger partial charge is 0.327 e. The molecule has 0 aliphatic carbocycles. The fourth-order valence-electron chi connectivity index (χ4n) is 4.60. The third-order valence-corrected chi connectivity index (χ3v) is 6.37. The van der Waals surface area contributed by atoms with Gasteiger partial charge in [-0.15, -0.1) is 0 Å². The van der Waals surface area contributed by atoms with E-state index in [9.17, 15) is 9.59 Å². The Morgan fingerprint density at radius 3 is 2.46 bits per heavy atom. The van der Waals surface area contributed by atoms with E-state index in [1.807, 2.05) is 30.3 Å². The van der Waals surface area contributed by atoms with Crippen molar-refractivity contribution in [2.75, 3.05) is 48.0 Å². The quantitative estimate of drug-likeness (QED) is 0.369. The number of nitrogens with zero attached hydrogens (tertiary/aromatic N) is 6. The molecule has 3 N–H and O–H groups in total.